The van der Waals surface area contributed by atoms with Crippen LogP contribution in [0.1, 0.15) is 0 Å². The number of carbonyl (C=O) groups excluding carboxylic acids is 1. The minimum Gasteiger partial charge on any atom is -0.508 e. The van der Waals surface area contributed by atoms with Gasteiger partial charge in [0.1, 0.15) is 5.75 Å². The largest absolute Gasteiger partial charge is 0.508 e. The van der Waals surface area contributed by atoms with Crippen LogP contribution in [0.25, 0.3) is 11.0 Å². The number of non-ortho nitro benzene ring substituents is 1. The Hall–Kier alpha value is -3.07. The number of nitro groups is 1. The van der Waals surface area contributed by atoms with Crippen LogP contribution in [0, 0.1) is 10.1 Å². The lowest BCUT2D eigenvalue weighted by molar-refractivity contribution is -0.384. The van der Waals surface area contributed by atoms with Gasteiger partial charge in [0.25, 0.3) is 5.69 Å². The predicted molar refractivity (Wildman–Crippen MR) is 90.2 cm³/mol. The molecule has 9 heteroatoms. The van der Waals surface area contributed by atoms with E-state index < -0.39 is 4.92 Å². The van der Waals surface area contributed by atoms with E-state index in [0.717, 1.165) is 0 Å². The zero-order valence-corrected chi connectivity index (χ0v) is 13.0. The second-order valence-electron chi connectivity index (χ2n) is 4.89. The van der Waals surface area contributed by atoms with Crippen LogP contribution in [-0.4, -0.2) is 31.7 Å². The summed E-state index contributed by atoms with van der Waals surface area (Å²) in [5.74, 6) is -0.0752. The highest BCUT2D eigenvalue weighted by atomic mass is 32.2. The Labute approximate surface area is 140 Å². The fraction of sp³-hybridized carbons (Fsp3) is 0.0667. The number of nitrogens with zero attached hydrogens (tertiary/aromatic N) is 2. The van der Waals surface area contributed by atoms with E-state index in [4.69, 9.17) is 0 Å². The average Bonchev–Trinajstić information content (AvgIpc) is 2.95. The monoisotopic (exact) mass is 344 g/mol. The highest BCUT2D eigenvalue weighted by molar-refractivity contribution is 7.99. The molecule has 2 aromatic carbocycles. The molecule has 122 valence electrons. The summed E-state index contributed by atoms with van der Waals surface area (Å²) >= 11 is 1.18. The summed E-state index contributed by atoms with van der Waals surface area (Å²) in [6.45, 7) is 0. The number of hydrogen-bond acceptors (Lipinski definition) is 6. The number of nitro benzene ring substituents is 1. The Morgan fingerprint density at radius 1 is 1.33 bits per heavy atom. The third-order valence-electron chi connectivity index (χ3n) is 3.12. The molecule has 0 saturated heterocycles. The number of phenols is 1. The van der Waals surface area contributed by atoms with E-state index >= 15 is 0 Å². The molecule has 0 radical (unpaired) electrons. The third kappa shape index (κ3) is 3.63. The number of anilines is 1. The summed E-state index contributed by atoms with van der Waals surface area (Å²) in [4.78, 5) is 29.4. The van der Waals surface area contributed by atoms with Crippen molar-refractivity contribution in [2.24, 2.45) is 0 Å². The number of fused-ring (bicyclic) bond motifs is 1. The first kappa shape index (κ1) is 15.8. The third-order valence-corrected chi connectivity index (χ3v) is 4.00. The van der Waals surface area contributed by atoms with Gasteiger partial charge in [-0.15, -0.1) is 0 Å². The van der Waals surface area contributed by atoms with Gasteiger partial charge in [0.2, 0.25) is 5.91 Å². The molecule has 3 N–H and O–H groups in total. The number of aromatic amines is 1. The Balaban J connectivity index is 1.64. The first-order valence-corrected chi connectivity index (χ1v) is 7.86. The standard InChI is InChI=1S/C15H12N4O4S/c20-11-3-1-2-9(6-11)16-14(21)8-24-15-17-12-5-4-10(19(22)23)7-13(12)18-15/h1-7,20H,8H2,(H,16,21)(H,17,18). The van der Waals surface area contributed by atoms with E-state index in [1.54, 1.807) is 18.2 Å². The topological polar surface area (TPSA) is 121 Å². The van der Waals surface area contributed by atoms with Crippen LogP contribution in [0.2, 0.25) is 0 Å². The number of thioether (sulfide) groups is 1. The van der Waals surface area contributed by atoms with Crippen molar-refractivity contribution in [1.29, 1.82) is 0 Å². The summed E-state index contributed by atoms with van der Waals surface area (Å²) in [5.41, 5.74) is 1.61. The van der Waals surface area contributed by atoms with E-state index in [1.165, 1.54) is 36.0 Å². The van der Waals surface area contributed by atoms with Crippen LogP contribution >= 0.6 is 11.8 Å². The molecule has 3 rings (SSSR count). The molecular weight excluding hydrogens is 332 g/mol. The molecule has 0 spiro atoms. The number of carbonyl (C=O) groups is 1. The molecule has 0 aliphatic carbocycles. The molecule has 1 aromatic heterocycles. The number of aromatic hydroxyl groups is 1. The van der Waals surface area contributed by atoms with Gasteiger partial charge in [-0.25, -0.2) is 4.98 Å². The van der Waals surface area contributed by atoms with Gasteiger partial charge >= 0.3 is 0 Å². The predicted octanol–water partition coefficient (Wildman–Crippen LogP) is 2.91. The second kappa shape index (κ2) is 6.59. The number of H-pyrrole nitrogens is 1. The van der Waals surface area contributed by atoms with Crippen LogP contribution < -0.4 is 5.32 Å². The van der Waals surface area contributed by atoms with Crippen molar-refractivity contribution < 1.29 is 14.8 Å². The number of hydrogen-bond donors (Lipinski definition) is 3. The van der Waals surface area contributed by atoms with Gasteiger partial charge < -0.3 is 15.4 Å². The second-order valence-corrected chi connectivity index (χ2v) is 5.85. The van der Waals surface area contributed by atoms with Gasteiger partial charge in [0.05, 0.1) is 21.7 Å². The maximum absolute atomic E-state index is 11.9. The zero-order chi connectivity index (χ0) is 17.1. The first-order valence-electron chi connectivity index (χ1n) is 6.87. The van der Waals surface area contributed by atoms with Crippen LogP contribution in [0.3, 0.4) is 0 Å². The molecule has 0 bridgehead atoms. The molecule has 0 atom stereocenters. The Morgan fingerprint density at radius 3 is 2.92 bits per heavy atom. The normalized spacial score (nSPS) is 10.7. The molecule has 8 nitrogen and oxygen atoms in total. The highest BCUT2D eigenvalue weighted by Gasteiger charge is 2.11. The fourth-order valence-electron chi connectivity index (χ4n) is 2.07. The van der Waals surface area contributed by atoms with Gasteiger partial charge in [-0.05, 0) is 18.2 Å². The maximum atomic E-state index is 11.9. The summed E-state index contributed by atoms with van der Waals surface area (Å²) < 4.78 is 0. The Kier molecular flexibility index (Phi) is 4.34. The summed E-state index contributed by atoms with van der Waals surface area (Å²) in [6.07, 6.45) is 0. The number of phenolic OH excluding ortho intramolecular Hbond substituents is 1. The summed E-state index contributed by atoms with van der Waals surface area (Å²) in [6, 6.07) is 10.6. The average molecular weight is 344 g/mol. The van der Waals surface area contributed by atoms with Crippen molar-refractivity contribution in [3.05, 3.63) is 52.6 Å². The van der Waals surface area contributed by atoms with Crippen molar-refractivity contribution in [3.8, 4) is 5.75 Å². The maximum Gasteiger partial charge on any atom is 0.271 e. The van der Waals surface area contributed by atoms with E-state index in [1.807, 2.05) is 0 Å². The highest BCUT2D eigenvalue weighted by Crippen LogP contribution is 2.23. The molecule has 0 aliphatic heterocycles. The van der Waals surface area contributed by atoms with Gasteiger partial charge in [0.15, 0.2) is 5.16 Å². The van der Waals surface area contributed by atoms with E-state index in [2.05, 4.69) is 15.3 Å². The number of amides is 1. The lowest BCUT2D eigenvalue weighted by Crippen LogP contribution is -2.13. The van der Waals surface area contributed by atoms with E-state index in [9.17, 15) is 20.0 Å². The molecule has 0 unspecified atom stereocenters. The van der Waals surface area contributed by atoms with Gasteiger partial charge in [-0.2, -0.15) is 0 Å². The molecule has 1 amide bonds. The molecule has 1 heterocycles. The van der Waals surface area contributed by atoms with Crippen molar-refractivity contribution in [1.82, 2.24) is 9.97 Å². The molecule has 0 aliphatic rings. The van der Waals surface area contributed by atoms with Gasteiger partial charge in [-0.1, -0.05) is 17.8 Å². The number of benzene rings is 2. The van der Waals surface area contributed by atoms with Gasteiger partial charge in [0, 0.05) is 23.9 Å². The number of aromatic nitrogens is 2. The quantitative estimate of drug-likeness (QED) is 0.372. The molecule has 0 saturated carbocycles. The SMILES string of the molecule is O=C(CSc1nc2ccc([N+](=O)[O-])cc2[nH]1)Nc1cccc(O)c1. The minimum absolute atomic E-state index is 0.0238. The van der Waals surface area contributed by atoms with Crippen LogP contribution in [0.5, 0.6) is 5.75 Å². The van der Waals surface area contributed by atoms with Crippen LogP contribution in [0.4, 0.5) is 11.4 Å². The van der Waals surface area contributed by atoms with Crippen molar-refractivity contribution in [3.63, 3.8) is 0 Å². The molecule has 0 fully saturated rings. The number of nitrogens with one attached hydrogen (secondary N) is 2. The zero-order valence-electron chi connectivity index (χ0n) is 12.2. The molecular formula is C15H12N4O4S. The minimum atomic E-state index is -0.476. The molecule has 24 heavy (non-hydrogen) atoms. The number of rotatable bonds is 5. The molecule has 3 aromatic rings. The van der Waals surface area contributed by atoms with Crippen LogP contribution in [0.15, 0.2) is 47.6 Å². The van der Waals surface area contributed by atoms with Crippen LogP contribution in [-0.2, 0) is 4.79 Å². The summed E-state index contributed by atoms with van der Waals surface area (Å²) in [5, 5.41) is 23.3. The van der Waals surface area contributed by atoms with Crippen molar-refractivity contribution in [2.75, 3.05) is 11.1 Å². The lowest BCUT2D eigenvalue weighted by Gasteiger charge is -2.04. The van der Waals surface area contributed by atoms with Gasteiger partial charge in [-0.3, -0.25) is 14.9 Å². The fourth-order valence-corrected chi connectivity index (χ4v) is 2.76. The number of imidazole rings is 1. The van der Waals surface area contributed by atoms with E-state index in [-0.39, 0.29) is 23.1 Å². The smallest absolute Gasteiger partial charge is 0.271 e. The Morgan fingerprint density at radius 2 is 2.17 bits per heavy atom. The Bertz CT molecular complexity index is 925. The van der Waals surface area contributed by atoms with Crippen molar-refractivity contribution in [2.45, 2.75) is 5.16 Å². The lowest BCUT2D eigenvalue weighted by atomic mass is 10.3. The van der Waals surface area contributed by atoms with Crippen molar-refractivity contribution >= 4 is 40.1 Å². The summed E-state index contributed by atoms with van der Waals surface area (Å²) in [7, 11) is 0. The van der Waals surface area contributed by atoms with E-state index in [0.29, 0.717) is 21.9 Å². The first-order chi connectivity index (χ1) is 11.5.